The van der Waals surface area contributed by atoms with Gasteiger partial charge < -0.3 is 4.74 Å². The minimum atomic E-state index is -0.435. The van der Waals surface area contributed by atoms with Gasteiger partial charge >= 0.3 is 5.30 Å². The number of hydrogen-bond donors (Lipinski definition) is 1. The molecule has 0 aromatic carbocycles. The van der Waals surface area contributed by atoms with Gasteiger partial charge in [0, 0.05) is 0 Å². The SMILES string of the molecule is CC(C)[C@@H]1CC[C@@H](C)C[C@H]1OC(=O)S. The summed E-state index contributed by atoms with van der Waals surface area (Å²) in [6, 6.07) is 0. The second-order valence-electron chi connectivity index (χ2n) is 4.75. The van der Waals surface area contributed by atoms with Crippen LogP contribution in [0.2, 0.25) is 0 Å². The standard InChI is InChI=1S/C11H20O2S/c1-7(2)9-5-4-8(3)6-10(9)13-11(12)14/h7-10H,4-6H2,1-3H3,(H,12,14)/t8-,9+,10-/m1/s1. The molecule has 0 heterocycles. The van der Waals surface area contributed by atoms with E-state index in [0.717, 1.165) is 6.42 Å². The summed E-state index contributed by atoms with van der Waals surface area (Å²) < 4.78 is 5.26. The molecule has 0 aromatic heterocycles. The lowest BCUT2D eigenvalue weighted by atomic mass is 9.75. The first kappa shape index (κ1) is 11.9. The summed E-state index contributed by atoms with van der Waals surface area (Å²) in [4.78, 5) is 10.8. The van der Waals surface area contributed by atoms with E-state index in [1.165, 1.54) is 12.8 Å². The Bertz CT molecular complexity index is 203. The molecule has 0 aromatic rings. The van der Waals surface area contributed by atoms with Crippen LogP contribution in [-0.2, 0) is 4.74 Å². The van der Waals surface area contributed by atoms with Crippen LogP contribution < -0.4 is 0 Å². The maximum Gasteiger partial charge on any atom is 0.364 e. The van der Waals surface area contributed by atoms with E-state index >= 15 is 0 Å². The zero-order valence-electron chi connectivity index (χ0n) is 9.19. The van der Waals surface area contributed by atoms with Crippen molar-refractivity contribution in [1.82, 2.24) is 0 Å². The van der Waals surface area contributed by atoms with E-state index in [2.05, 4.69) is 33.4 Å². The Morgan fingerprint density at radius 1 is 1.43 bits per heavy atom. The number of thiol groups is 1. The molecule has 82 valence electrons. The lowest BCUT2D eigenvalue weighted by Gasteiger charge is -2.36. The molecule has 1 saturated carbocycles. The van der Waals surface area contributed by atoms with Crippen molar-refractivity contribution < 1.29 is 9.53 Å². The molecule has 3 heteroatoms. The van der Waals surface area contributed by atoms with E-state index in [1.54, 1.807) is 0 Å². The molecule has 0 amide bonds. The first-order valence-electron chi connectivity index (χ1n) is 5.40. The highest BCUT2D eigenvalue weighted by Crippen LogP contribution is 2.35. The largest absolute Gasteiger partial charge is 0.454 e. The molecular formula is C11H20O2S. The summed E-state index contributed by atoms with van der Waals surface area (Å²) in [5, 5.41) is -0.435. The third kappa shape index (κ3) is 3.19. The van der Waals surface area contributed by atoms with Crippen LogP contribution in [-0.4, -0.2) is 11.4 Å². The Hall–Kier alpha value is -0.180. The summed E-state index contributed by atoms with van der Waals surface area (Å²) in [6.45, 7) is 6.61. The molecular weight excluding hydrogens is 196 g/mol. The van der Waals surface area contributed by atoms with Crippen molar-refractivity contribution in [3.8, 4) is 0 Å². The van der Waals surface area contributed by atoms with Gasteiger partial charge in [0.25, 0.3) is 0 Å². The highest BCUT2D eigenvalue weighted by molar-refractivity contribution is 7.96. The predicted molar refractivity (Wildman–Crippen MR) is 60.6 cm³/mol. The van der Waals surface area contributed by atoms with E-state index in [4.69, 9.17) is 4.74 Å². The van der Waals surface area contributed by atoms with Gasteiger partial charge in [-0.1, -0.05) is 39.8 Å². The summed E-state index contributed by atoms with van der Waals surface area (Å²) in [7, 11) is 0. The molecule has 3 atom stereocenters. The van der Waals surface area contributed by atoms with Gasteiger partial charge in [-0.2, -0.15) is 0 Å². The lowest BCUT2D eigenvalue weighted by molar-refractivity contribution is 0.0188. The van der Waals surface area contributed by atoms with Crippen LogP contribution in [0.3, 0.4) is 0 Å². The summed E-state index contributed by atoms with van der Waals surface area (Å²) >= 11 is 3.69. The molecule has 1 aliphatic carbocycles. The Morgan fingerprint density at radius 3 is 2.57 bits per heavy atom. The first-order chi connectivity index (χ1) is 6.50. The third-order valence-corrected chi connectivity index (χ3v) is 3.32. The number of hydrogen-bond acceptors (Lipinski definition) is 2. The van der Waals surface area contributed by atoms with E-state index in [0.29, 0.717) is 17.8 Å². The molecule has 1 fully saturated rings. The molecule has 0 radical (unpaired) electrons. The van der Waals surface area contributed by atoms with Crippen LogP contribution in [0.15, 0.2) is 0 Å². The van der Waals surface area contributed by atoms with Crippen molar-refractivity contribution in [1.29, 1.82) is 0 Å². The van der Waals surface area contributed by atoms with Crippen LogP contribution in [0, 0.1) is 17.8 Å². The highest BCUT2D eigenvalue weighted by Gasteiger charge is 2.32. The number of carbonyl (C=O) groups is 1. The molecule has 14 heavy (non-hydrogen) atoms. The van der Waals surface area contributed by atoms with Gasteiger partial charge in [0.15, 0.2) is 0 Å². The molecule has 0 N–H and O–H groups in total. The van der Waals surface area contributed by atoms with E-state index in [9.17, 15) is 4.79 Å². The van der Waals surface area contributed by atoms with Crippen molar-refractivity contribution in [2.24, 2.45) is 17.8 Å². The van der Waals surface area contributed by atoms with E-state index < -0.39 is 5.30 Å². The van der Waals surface area contributed by atoms with Gasteiger partial charge in [0.1, 0.15) is 6.10 Å². The molecule has 0 aliphatic heterocycles. The molecule has 2 nitrogen and oxygen atoms in total. The Labute approximate surface area is 91.8 Å². The Balaban J connectivity index is 2.58. The maximum atomic E-state index is 10.8. The average Bonchev–Trinajstić information content (AvgIpc) is 2.01. The molecule has 1 rings (SSSR count). The summed E-state index contributed by atoms with van der Waals surface area (Å²) in [6.07, 6.45) is 3.51. The fourth-order valence-corrected chi connectivity index (χ4v) is 2.52. The van der Waals surface area contributed by atoms with Crippen molar-refractivity contribution in [2.45, 2.75) is 46.1 Å². The van der Waals surface area contributed by atoms with Gasteiger partial charge in [-0.25, -0.2) is 4.79 Å². The van der Waals surface area contributed by atoms with Crippen molar-refractivity contribution >= 4 is 17.9 Å². The molecule has 0 saturated heterocycles. The highest BCUT2D eigenvalue weighted by atomic mass is 32.1. The van der Waals surface area contributed by atoms with Crippen molar-refractivity contribution in [3.05, 3.63) is 0 Å². The molecule has 0 spiro atoms. The van der Waals surface area contributed by atoms with Gasteiger partial charge in [-0.3, -0.25) is 0 Å². The van der Waals surface area contributed by atoms with Crippen LogP contribution in [0.1, 0.15) is 40.0 Å². The zero-order chi connectivity index (χ0) is 10.7. The molecule has 1 aliphatic rings. The van der Waals surface area contributed by atoms with Gasteiger partial charge in [0.2, 0.25) is 0 Å². The van der Waals surface area contributed by atoms with Crippen LogP contribution >= 0.6 is 12.6 Å². The summed E-state index contributed by atoms with van der Waals surface area (Å²) in [5.74, 6) is 1.77. The Morgan fingerprint density at radius 2 is 2.07 bits per heavy atom. The van der Waals surface area contributed by atoms with E-state index in [1.807, 2.05) is 0 Å². The smallest absolute Gasteiger partial charge is 0.364 e. The fourth-order valence-electron chi connectivity index (χ4n) is 2.38. The van der Waals surface area contributed by atoms with Crippen LogP contribution in [0.4, 0.5) is 4.79 Å². The number of rotatable bonds is 2. The van der Waals surface area contributed by atoms with Crippen LogP contribution in [0.25, 0.3) is 0 Å². The minimum Gasteiger partial charge on any atom is -0.454 e. The van der Waals surface area contributed by atoms with Crippen molar-refractivity contribution in [2.75, 3.05) is 0 Å². The van der Waals surface area contributed by atoms with Crippen LogP contribution in [0.5, 0.6) is 0 Å². The van der Waals surface area contributed by atoms with Crippen molar-refractivity contribution in [3.63, 3.8) is 0 Å². The zero-order valence-corrected chi connectivity index (χ0v) is 10.1. The fraction of sp³-hybridized carbons (Fsp3) is 0.909. The second-order valence-corrected chi connectivity index (χ2v) is 5.11. The maximum absolute atomic E-state index is 10.8. The monoisotopic (exact) mass is 216 g/mol. The number of carbonyl (C=O) groups excluding carboxylic acids is 1. The third-order valence-electron chi connectivity index (χ3n) is 3.21. The molecule has 0 bridgehead atoms. The summed E-state index contributed by atoms with van der Waals surface area (Å²) in [5.41, 5.74) is 0. The second kappa shape index (κ2) is 5.06. The molecule has 0 unspecified atom stereocenters. The van der Waals surface area contributed by atoms with Gasteiger partial charge in [0.05, 0.1) is 0 Å². The van der Waals surface area contributed by atoms with Gasteiger partial charge in [-0.05, 0) is 30.6 Å². The van der Waals surface area contributed by atoms with E-state index in [-0.39, 0.29) is 6.10 Å². The topological polar surface area (TPSA) is 26.3 Å². The normalized spacial score (nSPS) is 33.1. The first-order valence-corrected chi connectivity index (χ1v) is 5.85. The van der Waals surface area contributed by atoms with Gasteiger partial charge in [-0.15, -0.1) is 0 Å². The average molecular weight is 216 g/mol. The minimum absolute atomic E-state index is 0.0868. The predicted octanol–water partition coefficient (Wildman–Crippen LogP) is 3.51. The lowest BCUT2D eigenvalue weighted by Crippen LogP contribution is -2.34. The number of ether oxygens (including phenoxy) is 1. The quantitative estimate of drug-likeness (QED) is 0.564. The Kier molecular flexibility index (Phi) is 4.30.